The average Bonchev–Trinajstić information content (AvgIpc) is 3.26. The van der Waals surface area contributed by atoms with Gasteiger partial charge in [0.2, 0.25) is 0 Å². The van der Waals surface area contributed by atoms with Gasteiger partial charge in [-0.15, -0.1) is 0 Å². The van der Waals surface area contributed by atoms with Gasteiger partial charge in [0, 0.05) is 0 Å². The summed E-state index contributed by atoms with van der Waals surface area (Å²) in [6.07, 6.45) is -14.8. The van der Waals surface area contributed by atoms with Gasteiger partial charge in [0.15, 0.2) is 5.69 Å². The minimum absolute atomic E-state index is 0.0157. The molecule has 14 heteroatoms. The summed E-state index contributed by atoms with van der Waals surface area (Å²) in [5.74, 6) is 0.0470. The van der Waals surface area contributed by atoms with Gasteiger partial charge in [0.05, 0.1) is 26.9 Å². The van der Waals surface area contributed by atoms with Gasteiger partial charge in [-0.2, -0.15) is 44.6 Å². The lowest BCUT2D eigenvalue weighted by Crippen LogP contribution is -2.12. The maximum atomic E-state index is 13.5. The molecule has 4 aromatic rings. The van der Waals surface area contributed by atoms with Crippen LogP contribution in [-0.4, -0.2) is 9.78 Å². The van der Waals surface area contributed by atoms with Crippen LogP contribution >= 0.6 is 23.2 Å². The third-order valence-electron chi connectivity index (χ3n) is 5.43. The van der Waals surface area contributed by atoms with Crippen LogP contribution in [0.25, 0.3) is 16.8 Å². The molecule has 0 bridgehead atoms. The Kier molecular flexibility index (Phi) is 7.56. The molecule has 0 aliphatic rings. The van der Waals surface area contributed by atoms with Crippen molar-refractivity contribution in [2.75, 3.05) is 0 Å². The molecule has 0 aliphatic heterocycles. The number of halogens is 11. The summed E-state index contributed by atoms with van der Waals surface area (Å²) < 4.78 is 126. The molecule has 206 valence electrons. The number of para-hydroxylation sites is 1. The SMILES string of the molecule is FC(F)(F)c1ccc(-c2ccc(OCc3cc(C(F)(F)F)nn3-c3c(Cl)cccc3Cl)cc2)c(C(F)(F)F)c1. The standard InChI is InChI=1S/C25H13Cl2F9N2O/c26-19-2-1-3-20(27)22(19)38-15(11-21(37-38)25(34,35)36)12-39-16-7-4-13(5-8-16)17-9-6-14(23(28,29)30)10-18(17)24(31,32)33/h1-11H,12H2. The van der Waals surface area contributed by atoms with E-state index >= 15 is 0 Å². The van der Waals surface area contributed by atoms with Gasteiger partial charge in [-0.1, -0.05) is 47.5 Å². The number of nitrogens with zero attached hydrogens (tertiary/aromatic N) is 2. The van der Waals surface area contributed by atoms with E-state index in [1.54, 1.807) is 0 Å². The van der Waals surface area contributed by atoms with Crippen LogP contribution in [0.5, 0.6) is 5.75 Å². The average molecular weight is 599 g/mol. The molecule has 0 spiro atoms. The van der Waals surface area contributed by atoms with Crippen molar-refractivity contribution in [3.8, 4) is 22.6 Å². The first kappa shape index (κ1) is 28.6. The van der Waals surface area contributed by atoms with Crippen LogP contribution in [0, 0.1) is 0 Å². The number of rotatable bonds is 5. The molecule has 0 N–H and O–H groups in total. The van der Waals surface area contributed by atoms with E-state index in [2.05, 4.69) is 5.10 Å². The first-order valence-electron chi connectivity index (χ1n) is 10.7. The summed E-state index contributed by atoms with van der Waals surface area (Å²) in [7, 11) is 0. The second-order valence-electron chi connectivity index (χ2n) is 8.07. The molecule has 4 rings (SSSR count). The maximum absolute atomic E-state index is 13.5. The minimum atomic E-state index is -5.07. The van der Waals surface area contributed by atoms with Crippen molar-refractivity contribution in [3.63, 3.8) is 0 Å². The number of hydrogen-bond donors (Lipinski definition) is 0. The molecule has 3 aromatic carbocycles. The molecule has 0 atom stereocenters. The molecule has 1 heterocycles. The zero-order valence-corrected chi connectivity index (χ0v) is 20.5. The molecule has 0 unspecified atom stereocenters. The monoisotopic (exact) mass is 598 g/mol. The van der Waals surface area contributed by atoms with Gasteiger partial charge in [0.1, 0.15) is 18.0 Å². The Morgan fingerprint density at radius 3 is 1.87 bits per heavy atom. The Morgan fingerprint density at radius 2 is 1.33 bits per heavy atom. The number of benzene rings is 3. The van der Waals surface area contributed by atoms with Crippen molar-refractivity contribution in [1.29, 1.82) is 0 Å². The fourth-order valence-electron chi connectivity index (χ4n) is 3.64. The third kappa shape index (κ3) is 6.27. The summed E-state index contributed by atoms with van der Waals surface area (Å²) >= 11 is 12.2. The lowest BCUT2D eigenvalue weighted by Gasteiger charge is -2.16. The molecule has 39 heavy (non-hydrogen) atoms. The first-order chi connectivity index (χ1) is 18.1. The largest absolute Gasteiger partial charge is 0.487 e. The molecule has 0 radical (unpaired) electrons. The van der Waals surface area contributed by atoms with Gasteiger partial charge in [0.25, 0.3) is 0 Å². The van der Waals surface area contributed by atoms with Gasteiger partial charge in [-0.25, -0.2) is 4.68 Å². The van der Waals surface area contributed by atoms with Crippen LogP contribution in [0.3, 0.4) is 0 Å². The molecule has 0 amide bonds. The summed E-state index contributed by atoms with van der Waals surface area (Å²) in [5.41, 5.74) is -4.85. The van der Waals surface area contributed by atoms with Crippen molar-refractivity contribution in [2.24, 2.45) is 0 Å². The zero-order chi connectivity index (χ0) is 28.8. The van der Waals surface area contributed by atoms with Gasteiger partial charge in [-0.05, 0) is 53.6 Å². The Balaban J connectivity index is 1.63. The molecule has 0 saturated carbocycles. The van der Waals surface area contributed by atoms with Gasteiger partial charge in [-0.3, -0.25) is 0 Å². The molecule has 0 saturated heterocycles. The highest BCUT2D eigenvalue weighted by Crippen LogP contribution is 2.41. The van der Waals surface area contributed by atoms with E-state index in [1.807, 2.05) is 0 Å². The molecule has 0 fully saturated rings. The lowest BCUT2D eigenvalue weighted by atomic mass is 9.97. The van der Waals surface area contributed by atoms with E-state index in [-0.39, 0.29) is 38.8 Å². The number of alkyl halides is 9. The number of ether oxygens (including phenoxy) is 1. The fourth-order valence-corrected chi connectivity index (χ4v) is 4.20. The highest BCUT2D eigenvalue weighted by Gasteiger charge is 2.38. The van der Waals surface area contributed by atoms with Crippen LogP contribution in [-0.2, 0) is 25.1 Å². The Bertz CT molecular complexity index is 1470. The molecule has 3 nitrogen and oxygen atoms in total. The smallest absolute Gasteiger partial charge is 0.435 e. The summed E-state index contributed by atoms with van der Waals surface area (Å²) in [6, 6.07) is 11.1. The van der Waals surface area contributed by atoms with E-state index in [1.165, 1.54) is 42.5 Å². The van der Waals surface area contributed by atoms with E-state index < -0.39 is 47.5 Å². The van der Waals surface area contributed by atoms with Crippen LogP contribution < -0.4 is 4.74 Å². The molecular formula is C25H13Cl2F9N2O. The summed E-state index contributed by atoms with van der Waals surface area (Å²) in [4.78, 5) is 0. The van der Waals surface area contributed by atoms with Gasteiger partial charge >= 0.3 is 18.5 Å². The normalized spacial score (nSPS) is 12.6. The van der Waals surface area contributed by atoms with Crippen LogP contribution in [0.1, 0.15) is 22.5 Å². The van der Waals surface area contributed by atoms with E-state index in [9.17, 15) is 39.5 Å². The highest BCUT2D eigenvalue weighted by molar-refractivity contribution is 6.37. The quantitative estimate of drug-likeness (QED) is 0.214. The summed E-state index contributed by atoms with van der Waals surface area (Å²) in [5, 5.41) is 3.58. The van der Waals surface area contributed by atoms with E-state index in [0.29, 0.717) is 12.1 Å². The first-order valence-corrected chi connectivity index (χ1v) is 11.4. The van der Waals surface area contributed by atoms with Crippen molar-refractivity contribution in [2.45, 2.75) is 25.1 Å². The number of aromatic nitrogens is 2. The minimum Gasteiger partial charge on any atom is -0.487 e. The Morgan fingerprint density at radius 1 is 0.718 bits per heavy atom. The van der Waals surface area contributed by atoms with Crippen molar-refractivity contribution in [1.82, 2.24) is 9.78 Å². The van der Waals surface area contributed by atoms with Crippen molar-refractivity contribution in [3.05, 3.63) is 99.3 Å². The molecule has 0 aliphatic carbocycles. The molecular weight excluding hydrogens is 586 g/mol. The predicted octanol–water partition coefficient (Wildman–Crippen LogP) is 9.48. The van der Waals surface area contributed by atoms with Crippen LogP contribution in [0.2, 0.25) is 10.0 Å². The lowest BCUT2D eigenvalue weighted by molar-refractivity contribution is -0.143. The number of hydrogen-bond acceptors (Lipinski definition) is 2. The summed E-state index contributed by atoms with van der Waals surface area (Å²) in [6.45, 7) is -0.474. The van der Waals surface area contributed by atoms with E-state index in [4.69, 9.17) is 27.9 Å². The second-order valence-corrected chi connectivity index (χ2v) is 8.88. The van der Waals surface area contributed by atoms with Crippen LogP contribution in [0.15, 0.2) is 66.7 Å². The van der Waals surface area contributed by atoms with E-state index in [0.717, 1.165) is 10.7 Å². The Labute approximate surface area is 224 Å². The maximum Gasteiger partial charge on any atom is 0.435 e. The highest BCUT2D eigenvalue weighted by atomic mass is 35.5. The predicted molar refractivity (Wildman–Crippen MR) is 125 cm³/mol. The second kappa shape index (κ2) is 10.3. The van der Waals surface area contributed by atoms with Crippen molar-refractivity contribution >= 4 is 23.2 Å². The fraction of sp³-hybridized carbons (Fsp3) is 0.160. The topological polar surface area (TPSA) is 27.1 Å². The van der Waals surface area contributed by atoms with Crippen molar-refractivity contribution < 1.29 is 44.3 Å². The third-order valence-corrected chi connectivity index (χ3v) is 6.04. The Hall–Kier alpha value is -3.38. The van der Waals surface area contributed by atoms with Gasteiger partial charge < -0.3 is 4.74 Å². The molecule has 1 aromatic heterocycles. The zero-order valence-electron chi connectivity index (χ0n) is 19.0. The van der Waals surface area contributed by atoms with Crippen LogP contribution in [0.4, 0.5) is 39.5 Å².